The first-order valence-electron chi connectivity index (χ1n) is 8.62. The van der Waals surface area contributed by atoms with Crippen LogP contribution in [-0.4, -0.2) is 29.7 Å². The Bertz CT molecular complexity index is 927. The lowest BCUT2D eigenvalue weighted by molar-refractivity contribution is -0.122. The van der Waals surface area contributed by atoms with Crippen molar-refractivity contribution in [3.63, 3.8) is 0 Å². The number of aromatic nitrogens is 1. The quantitative estimate of drug-likeness (QED) is 0.745. The summed E-state index contributed by atoms with van der Waals surface area (Å²) in [5.41, 5.74) is 1.55. The van der Waals surface area contributed by atoms with Crippen LogP contribution in [0.1, 0.15) is 12.8 Å². The number of hydrogen-bond acceptors (Lipinski definition) is 3. The van der Waals surface area contributed by atoms with E-state index >= 15 is 0 Å². The summed E-state index contributed by atoms with van der Waals surface area (Å²) in [6.45, 7) is 1.48. The highest BCUT2D eigenvalue weighted by molar-refractivity contribution is 5.94. The minimum Gasteiger partial charge on any atom is -0.376 e. The van der Waals surface area contributed by atoms with Gasteiger partial charge >= 0.3 is 0 Å². The topological polar surface area (TPSA) is 60.3 Å². The second-order valence-electron chi connectivity index (χ2n) is 6.39. The number of carbonyl (C=O) groups excluding carboxylic acids is 1. The van der Waals surface area contributed by atoms with E-state index in [0.29, 0.717) is 17.3 Å². The van der Waals surface area contributed by atoms with Crippen LogP contribution in [0.5, 0.6) is 0 Å². The minimum atomic E-state index is -0.0746. The molecule has 2 aromatic carbocycles. The number of nitrogens with one attached hydrogen (secondary N) is 1. The molecule has 128 valence electrons. The number of pyridine rings is 1. The lowest BCUT2D eigenvalue weighted by Crippen LogP contribution is -2.34. The molecule has 5 nitrogen and oxygen atoms in total. The van der Waals surface area contributed by atoms with Crippen molar-refractivity contribution in [3.8, 4) is 0 Å². The summed E-state index contributed by atoms with van der Waals surface area (Å²) in [6.07, 6.45) is 2.16. The first-order chi connectivity index (χ1) is 12.2. The van der Waals surface area contributed by atoms with E-state index in [1.54, 1.807) is 0 Å². The average molecular weight is 336 g/mol. The predicted octanol–water partition coefficient (Wildman–Crippen LogP) is 2.45. The van der Waals surface area contributed by atoms with Crippen molar-refractivity contribution in [3.05, 3.63) is 58.8 Å². The summed E-state index contributed by atoms with van der Waals surface area (Å²) in [4.78, 5) is 25.2. The third-order valence-electron chi connectivity index (χ3n) is 4.73. The third kappa shape index (κ3) is 3.03. The molecule has 25 heavy (non-hydrogen) atoms. The Hall–Kier alpha value is -2.66. The van der Waals surface area contributed by atoms with Gasteiger partial charge in [0.1, 0.15) is 6.54 Å². The first kappa shape index (κ1) is 15.8. The second kappa shape index (κ2) is 6.69. The molecule has 0 aliphatic carbocycles. The summed E-state index contributed by atoms with van der Waals surface area (Å²) in [5.74, 6) is -0.0746. The normalized spacial score (nSPS) is 17.2. The highest BCUT2D eigenvalue weighted by atomic mass is 16.5. The fraction of sp³-hybridized carbons (Fsp3) is 0.300. The lowest BCUT2D eigenvalue weighted by atomic mass is 10.1. The maximum Gasteiger partial charge on any atom is 0.240 e. The van der Waals surface area contributed by atoms with E-state index in [-0.39, 0.29) is 24.0 Å². The van der Waals surface area contributed by atoms with Crippen LogP contribution in [-0.2, 0) is 16.1 Å². The predicted molar refractivity (Wildman–Crippen MR) is 97.7 cm³/mol. The number of fused-ring (bicyclic) bond motifs is 2. The molecule has 0 bridgehead atoms. The van der Waals surface area contributed by atoms with Crippen LogP contribution in [0.4, 0.5) is 0 Å². The molecule has 0 unspecified atom stereocenters. The van der Waals surface area contributed by atoms with Crippen LogP contribution in [0.15, 0.2) is 53.3 Å². The summed E-state index contributed by atoms with van der Waals surface area (Å²) in [7, 11) is 0. The van der Waals surface area contributed by atoms with Crippen LogP contribution < -0.4 is 10.7 Å². The van der Waals surface area contributed by atoms with Gasteiger partial charge in [-0.2, -0.15) is 0 Å². The van der Waals surface area contributed by atoms with E-state index in [2.05, 4.69) is 5.32 Å². The molecule has 0 spiro atoms. The van der Waals surface area contributed by atoms with Crippen LogP contribution in [0.25, 0.3) is 21.8 Å². The molecule has 3 aromatic rings. The smallest absolute Gasteiger partial charge is 0.240 e. The molecule has 1 aromatic heterocycles. The molecule has 1 fully saturated rings. The van der Waals surface area contributed by atoms with E-state index in [0.717, 1.165) is 30.5 Å². The summed E-state index contributed by atoms with van der Waals surface area (Å²) >= 11 is 0. The number of amides is 1. The van der Waals surface area contributed by atoms with Crippen LogP contribution in [0.3, 0.4) is 0 Å². The van der Waals surface area contributed by atoms with Crippen LogP contribution in [0, 0.1) is 0 Å². The molecule has 1 aliphatic rings. The van der Waals surface area contributed by atoms with Gasteiger partial charge in [0.15, 0.2) is 5.43 Å². The number of benzene rings is 2. The van der Waals surface area contributed by atoms with Crippen LogP contribution in [0.2, 0.25) is 0 Å². The fourth-order valence-electron chi connectivity index (χ4n) is 3.48. The van der Waals surface area contributed by atoms with Crippen LogP contribution >= 0.6 is 0 Å². The van der Waals surface area contributed by atoms with E-state index in [1.165, 1.54) is 0 Å². The van der Waals surface area contributed by atoms with E-state index < -0.39 is 0 Å². The lowest BCUT2D eigenvalue weighted by Gasteiger charge is -2.16. The number of carbonyl (C=O) groups is 1. The van der Waals surface area contributed by atoms with E-state index in [9.17, 15) is 9.59 Å². The molecule has 1 aliphatic heterocycles. The van der Waals surface area contributed by atoms with Crippen molar-refractivity contribution in [1.29, 1.82) is 0 Å². The molecule has 1 atom stereocenters. The van der Waals surface area contributed by atoms with Gasteiger partial charge in [0, 0.05) is 23.9 Å². The highest BCUT2D eigenvalue weighted by Crippen LogP contribution is 2.19. The van der Waals surface area contributed by atoms with Crippen molar-refractivity contribution in [2.75, 3.05) is 13.2 Å². The number of rotatable bonds is 4. The Morgan fingerprint density at radius 3 is 2.32 bits per heavy atom. The van der Waals surface area contributed by atoms with Gasteiger partial charge in [-0.1, -0.05) is 24.3 Å². The monoisotopic (exact) mass is 336 g/mol. The number of ether oxygens (including phenoxy) is 1. The molecule has 0 saturated carbocycles. The second-order valence-corrected chi connectivity index (χ2v) is 6.39. The summed E-state index contributed by atoms with van der Waals surface area (Å²) in [5, 5.41) is 4.22. The zero-order valence-electron chi connectivity index (χ0n) is 13.9. The van der Waals surface area contributed by atoms with Gasteiger partial charge in [-0.05, 0) is 37.1 Å². The Morgan fingerprint density at radius 2 is 1.72 bits per heavy atom. The molecular formula is C20H20N2O3. The third-order valence-corrected chi connectivity index (χ3v) is 4.73. The van der Waals surface area contributed by atoms with Gasteiger partial charge in [-0.15, -0.1) is 0 Å². The Balaban J connectivity index is 1.70. The van der Waals surface area contributed by atoms with Crippen molar-refractivity contribution in [2.24, 2.45) is 0 Å². The molecular weight excluding hydrogens is 316 g/mol. The number of hydrogen-bond donors (Lipinski definition) is 1. The van der Waals surface area contributed by atoms with Crippen molar-refractivity contribution in [2.45, 2.75) is 25.5 Å². The van der Waals surface area contributed by atoms with Gasteiger partial charge in [0.05, 0.1) is 17.1 Å². The number of nitrogens with zero attached hydrogens (tertiary/aromatic N) is 1. The molecule has 2 heterocycles. The van der Waals surface area contributed by atoms with Crippen molar-refractivity contribution >= 4 is 27.7 Å². The van der Waals surface area contributed by atoms with Gasteiger partial charge in [-0.3, -0.25) is 9.59 Å². The zero-order valence-corrected chi connectivity index (χ0v) is 13.9. The zero-order chi connectivity index (χ0) is 17.2. The molecule has 1 N–H and O–H groups in total. The van der Waals surface area contributed by atoms with Gasteiger partial charge in [0.25, 0.3) is 0 Å². The maximum atomic E-state index is 12.7. The molecule has 1 saturated heterocycles. The number of para-hydroxylation sites is 2. The van der Waals surface area contributed by atoms with E-state index in [1.807, 2.05) is 53.1 Å². The van der Waals surface area contributed by atoms with Gasteiger partial charge in [0.2, 0.25) is 5.91 Å². The highest BCUT2D eigenvalue weighted by Gasteiger charge is 2.17. The summed E-state index contributed by atoms with van der Waals surface area (Å²) < 4.78 is 7.46. The summed E-state index contributed by atoms with van der Waals surface area (Å²) in [6, 6.07) is 14.9. The first-order valence-corrected chi connectivity index (χ1v) is 8.62. The molecule has 1 amide bonds. The average Bonchev–Trinajstić information content (AvgIpc) is 3.17. The maximum absolute atomic E-state index is 12.7. The Labute approximate surface area is 145 Å². The SMILES string of the molecule is O=C(Cn1c2ccccc2c(=O)c2ccccc21)NC[C@@H]1CCCO1. The molecule has 5 heteroatoms. The standard InChI is InChI=1S/C20H20N2O3/c23-19(21-12-14-6-5-11-25-14)13-22-17-9-3-1-7-15(17)20(24)16-8-2-4-10-18(16)22/h1-4,7-10,14H,5-6,11-13H2,(H,21,23)/t14-/m0/s1. The van der Waals surface area contributed by atoms with E-state index in [4.69, 9.17) is 4.74 Å². The Morgan fingerprint density at radius 1 is 1.08 bits per heavy atom. The fourth-order valence-corrected chi connectivity index (χ4v) is 3.48. The molecule has 4 rings (SSSR count). The van der Waals surface area contributed by atoms with Gasteiger partial charge < -0.3 is 14.6 Å². The van der Waals surface area contributed by atoms with Crippen molar-refractivity contribution in [1.82, 2.24) is 9.88 Å². The molecule has 0 radical (unpaired) electrons. The Kier molecular flexibility index (Phi) is 4.24. The van der Waals surface area contributed by atoms with Gasteiger partial charge in [-0.25, -0.2) is 0 Å². The largest absolute Gasteiger partial charge is 0.376 e. The minimum absolute atomic E-state index is 0.00205. The van der Waals surface area contributed by atoms with Crippen molar-refractivity contribution < 1.29 is 9.53 Å².